The van der Waals surface area contributed by atoms with Crippen molar-refractivity contribution in [3.8, 4) is 5.75 Å². The van der Waals surface area contributed by atoms with Crippen LogP contribution in [-0.4, -0.2) is 16.6 Å². The highest BCUT2D eigenvalue weighted by Gasteiger charge is 1.98. The van der Waals surface area contributed by atoms with Crippen LogP contribution in [-0.2, 0) is 0 Å². The number of nitrogens with zero attached hydrogens (tertiary/aromatic N) is 1. The van der Waals surface area contributed by atoms with Crippen molar-refractivity contribution < 1.29 is 4.74 Å². The fourth-order valence-electron chi connectivity index (χ4n) is 0.666. The van der Waals surface area contributed by atoms with E-state index in [0.29, 0.717) is 12.4 Å². The molecule has 3 N–H and O–H groups in total. The van der Waals surface area contributed by atoms with Gasteiger partial charge >= 0.3 is 5.69 Å². The Hall–Kier alpha value is -1.52. The molecular weight excluding hydrogens is 146 g/mol. The van der Waals surface area contributed by atoms with Crippen LogP contribution in [0.5, 0.6) is 5.75 Å². The molecule has 0 aromatic carbocycles. The Bertz CT molecular complexity index is 294. The summed E-state index contributed by atoms with van der Waals surface area (Å²) in [5.74, 6) is 0.624. The van der Waals surface area contributed by atoms with Crippen LogP contribution in [0.15, 0.2) is 11.0 Å². The third-order valence-corrected chi connectivity index (χ3v) is 1.11. The lowest BCUT2D eigenvalue weighted by molar-refractivity contribution is 0.339. The van der Waals surface area contributed by atoms with Crippen LogP contribution in [0.25, 0.3) is 0 Å². The zero-order chi connectivity index (χ0) is 8.27. The first-order valence-electron chi connectivity index (χ1n) is 3.21. The van der Waals surface area contributed by atoms with E-state index in [1.165, 1.54) is 6.20 Å². The quantitative estimate of drug-likeness (QED) is 0.617. The van der Waals surface area contributed by atoms with Crippen molar-refractivity contribution in [2.75, 3.05) is 12.3 Å². The summed E-state index contributed by atoms with van der Waals surface area (Å²) in [5, 5.41) is 0. The molecule has 1 heterocycles. The van der Waals surface area contributed by atoms with Crippen molar-refractivity contribution in [1.82, 2.24) is 9.97 Å². The number of hydrogen-bond donors (Lipinski definition) is 2. The van der Waals surface area contributed by atoms with Gasteiger partial charge in [-0.3, -0.25) is 4.98 Å². The lowest BCUT2D eigenvalue weighted by Crippen LogP contribution is -2.13. The Morgan fingerprint density at radius 3 is 3.09 bits per heavy atom. The zero-order valence-corrected chi connectivity index (χ0v) is 6.13. The van der Waals surface area contributed by atoms with E-state index in [9.17, 15) is 4.79 Å². The summed E-state index contributed by atoms with van der Waals surface area (Å²) in [6.07, 6.45) is 1.30. The maximum absolute atomic E-state index is 10.5. The average Bonchev–Trinajstić information content (AvgIpc) is 1.95. The standard InChI is InChI=1S/C6H9N3O2/c1-2-11-4-3-8-6(10)9-5(4)7/h3H,2H2,1H3,(H3,7,8,9,10). The maximum atomic E-state index is 10.5. The average molecular weight is 155 g/mol. The summed E-state index contributed by atoms with van der Waals surface area (Å²) in [6, 6.07) is 0. The Labute approximate surface area is 63.2 Å². The smallest absolute Gasteiger partial charge is 0.346 e. The fourth-order valence-corrected chi connectivity index (χ4v) is 0.666. The molecule has 0 fully saturated rings. The number of hydrogen-bond acceptors (Lipinski definition) is 4. The van der Waals surface area contributed by atoms with Gasteiger partial charge in [0.2, 0.25) is 0 Å². The van der Waals surface area contributed by atoms with Crippen molar-refractivity contribution in [2.45, 2.75) is 6.92 Å². The van der Waals surface area contributed by atoms with Crippen LogP contribution in [0.1, 0.15) is 6.92 Å². The molecule has 0 unspecified atom stereocenters. The van der Waals surface area contributed by atoms with Crippen molar-refractivity contribution in [3.05, 3.63) is 16.7 Å². The van der Waals surface area contributed by atoms with Gasteiger partial charge in [-0.15, -0.1) is 0 Å². The Morgan fingerprint density at radius 1 is 1.82 bits per heavy atom. The third-order valence-electron chi connectivity index (χ3n) is 1.11. The maximum Gasteiger partial charge on any atom is 0.346 e. The second kappa shape index (κ2) is 3.05. The first-order chi connectivity index (χ1) is 5.24. The third kappa shape index (κ3) is 1.70. The molecule has 0 bridgehead atoms. The number of ether oxygens (including phenoxy) is 1. The molecule has 60 valence electrons. The van der Waals surface area contributed by atoms with Crippen LogP contribution in [0.3, 0.4) is 0 Å². The summed E-state index contributed by atoms with van der Waals surface area (Å²) in [5.41, 5.74) is 4.92. The molecule has 11 heavy (non-hydrogen) atoms. The molecule has 5 heteroatoms. The Balaban J connectivity index is 2.99. The van der Waals surface area contributed by atoms with Gasteiger partial charge in [-0.25, -0.2) is 4.79 Å². The lowest BCUT2D eigenvalue weighted by atomic mass is 10.5. The van der Waals surface area contributed by atoms with E-state index in [0.717, 1.165) is 0 Å². The van der Waals surface area contributed by atoms with Crippen molar-refractivity contribution >= 4 is 5.82 Å². The minimum atomic E-state index is -0.467. The van der Waals surface area contributed by atoms with E-state index in [2.05, 4.69) is 9.97 Å². The molecule has 0 spiro atoms. The van der Waals surface area contributed by atoms with Crippen LogP contribution in [0, 0.1) is 0 Å². The number of nitrogens with two attached hydrogens (primary N) is 1. The molecule has 5 nitrogen and oxygen atoms in total. The van der Waals surface area contributed by atoms with E-state index in [-0.39, 0.29) is 5.82 Å². The van der Waals surface area contributed by atoms with Gasteiger partial charge in [0.25, 0.3) is 0 Å². The summed E-state index contributed by atoms with van der Waals surface area (Å²) in [7, 11) is 0. The highest BCUT2D eigenvalue weighted by molar-refractivity contribution is 5.42. The number of nitrogens with one attached hydrogen (secondary N) is 1. The first kappa shape index (κ1) is 7.59. The molecule has 1 aromatic heterocycles. The largest absolute Gasteiger partial charge is 0.488 e. The summed E-state index contributed by atoms with van der Waals surface area (Å²) < 4.78 is 5.03. The number of rotatable bonds is 2. The molecule has 0 radical (unpaired) electrons. The molecule has 0 aliphatic carbocycles. The number of aromatic amines is 1. The second-order valence-electron chi connectivity index (χ2n) is 1.90. The van der Waals surface area contributed by atoms with Crippen molar-refractivity contribution in [2.24, 2.45) is 0 Å². The highest BCUT2D eigenvalue weighted by Crippen LogP contribution is 2.13. The molecule has 0 saturated heterocycles. The van der Waals surface area contributed by atoms with Crippen molar-refractivity contribution in [1.29, 1.82) is 0 Å². The Morgan fingerprint density at radius 2 is 2.55 bits per heavy atom. The first-order valence-corrected chi connectivity index (χ1v) is 3.21. The minimum absolute atomic E-state index is 0.215. The van der Waals surface area contributed by atoms with Gasteiger partial charge < -0.3 is 10.5 Å². The summed E-state index contributed by atoms with van der Waals surface area (Å²) in [6.45, 7) is 2.32. The monoisotopic (exact) mass is 155 g/mol. The van der Waals surface area contributed by atoms with Gasteiger partial charge in [-0.05, 0) is 6.92 Å². The van der Waals surface area contributed by atoms with Gasteiger partial charge in [-0.2, -0.15) is 4.98 Å². The van der Waals surface area contributed by atoms with E-state index >= 15 is 0 Å². The number of nitrogen functional groups attached to an aromatic ring is 1. The molecular formula is C6H9N3O2. The van der Waals surface area contributed by atoms with Gasteiger partial charge in [-0.1, -0.05) is 0 Å². The van der Waals surface area contributed by atoms with E-state index < -0.39 is 5.69 Å². The molecule has 0 saturated carbocycles. The SMILES string of the molecule is CCOc1cnc(=O)[nH]c1N. The predicted molar refractivity (Wildman–Crippen MR) is 40.4 cm³/mol. The van der Waals surface area contributed by atoms with Crippen LogP contribution >= 0.6 is 0 Å². The highest BCUT2D eigenvalue weighted by atomic mass is 16.5. The minimum Gasteiger partial charge on any atom is -0.488 e. The molecule has 1 aromatic rings. The number of aromatic nitrogens is 2. The molecule has 0 atom stereocenters. The fraction of sp³-hybridized carbons (Fsp3) is 0.333. The van der Waals surface area contributed by atoms with E-state index in [1.54, 1.807) is 0 Å². The van der Waals surface area contributed by atoms with Gasteiger partial charge in [0.05, 0.1) is 12.8 Å². The van der Waals surface area contributed by atoms with E-state index in [1.807, 2.05) is 6.92 Å². The van der Waals surface area contributed by atoms with Crippen molar-refractivity contribution in [3.63, 3.8) is 0 Å². The second-order valence-corrected chi connectivity index (χ2v) is 1.90. The van der Waals surface area contributed by atoms with Crippen LogP contribution in [0.2, 0.25) is 0 Å². The summed E-state index contributed by atoms with van der Waals surface area (Å²) >= 11 is 0. The van der Waals surface area contributed by atoms with Gasteiger partial charge in [0.1, 0.15) is 5.82 Å². The molecule has 0 aliphatic rings. The zero-order valence-electron chi connectivity index (χ0n) is 6.13. The van der Waals surface area contributed by atoms with Gasteiger partial charge in [0.15, 0.2) is 5.75 Å². The van der Waals surface area contributed by atoms with Crippen LogP contribution in [0.4, 0.5) is 5.82 Å². The topological polar surface area (TPSA) is 81.0 Å². The summed E-state index contributed by atoms with van der Waals surface area (Å²) in [4.78, 5) is 16.3. The lowest BCUT2D eigenvalue weighted by Gasteiger charge is -2.03. The number of H-pyrrole nitrogens is 1. The number of anilines is 1. The predicted octanol–water partition coefficient (Wildman–Crippen LogP) is -0.249. The van der Waals surface area contributed by atoms with E-state index in [4.69, 9.17) is 10.5 Å². The normalized spacial score (nSPS) is 9.55. The molecule has 1 rings (SSSR count). The van der Waals surface area contributed by atoms with Gasteiger partial charge in [0, 0.05) is 0 Å². The molecule has 0 amide bonds. The van der Waals surface area contributed by atoms with Crippen LogP contribution < -0.4 is 16.2 Å². The Kier molecular flexibility index (Phi) is 2.10. The molecule has 0 aliphatic heterocycles.